The number of carbonyl (C=O) groups is 1. The minimum Gasteiger partial charge on any atom is -0.365 e. The third kappa shape index (κ3) is 4.10. The summed E-state index contributed by atoms with van der Waals surface area (Å²) in [6.07, 6.45) is 3.47. The zero-order valence-electron chi connectivity index (χ0n) is 10.9. The maximum atomic E-state index is 11.8. The van der Waals surface area contributed by atoms with Crippen molar-refractivity contribution in [3.05, 3.63) is 60.4 Å². The van der Waals surface area contributed by atoms with Gasteiger partial charge in [-0.1, -0.05) is 24.3 Å². The maximum Gasteiger partial charge on any atom is 0.239 e. The Balaban J connectivity index is 1.82. The number of pyridine rings is 1. The summed E-state index contributed by atoms with van der Waals surface area (Å²) in [4.78, 5) is 17.8. The summed E-state index contributed by atoms with van der Waals surface area (Å²) >= 11 is 0. The molecule has 0 bridgehead atoms. The van der Waals surface area contributed by atoms with Crippen molar-refractivity contribution in [1.29, 1.82) is 0 Å². The molecule has 4 nitrogen and oxygen atoms in total. The number of hydrogen-bond donors (Lipinski definition) is 1. The first-order valence-corrected chi connectivity index (χ1v) is 6.17. The number of aromatic nitrogens is 1. The van der Waals surface area contributed by atoms with Crippen molar-refractivity contribution in [3.8, 4) is 0 Å². The van der Waals surface area contributed by atoms with Crippen molar-refractivity contribution in [2.45, 2.75) is 6.54 Å². The third-order valence-electron chi connectivity index (χ3n) is 2.79. The van der Waals surface area contributed by atoms with Crippen LogP contribution >= 0.6 is 0 Å². The summed E-state index contributed by atoms with van der Waals surface area (Å²) in [5, 5.41) is 2.88. The lowest BCUT2D eigenvalue weighted by Crippen LogP contribution is -2.34. The lowest BCUT2D eigenvalue weighted by atomic mass is 10.3. The fraction of sp³-hybridized carbons (Fsp3) is 0.200. The molecule has 0 spiro atoms. The van der Waals surface area contributed by atoms with Crippen molar-refractivity contribution < 1.29 is 4.79 Å². The molecule has 0 aliphatic heterocycles. The highest BCUT2D eigenvalue weighted by molar-refractivity contribution is 5.81. The minimum atomic E-state index is -0.00444. The van der Waals surface area contributed by atoms with Crippen LogP contribution in [0.4, 0.5) is 5.69 Å². The van der Waals surface area contributed by atoms with Gasteiger partial charge in [-0.15, -0.1) is 0 Å². The molecular formula is C15H17N3O. The van der Waals surface area contributed by atoms with Crippen molar-refractivity contribution in [3.63, 3.8) is 0 Å². The number of hydrogen-bond acceptors (Lipinski definition) is 3. The lowest BCUT2D eigenvalue weighted by molar-refractivity contribution is -0.119. The number of nitrogens with one attached hydrogen (secondary N) is 1. The van der Waals surface area contributed by atoms with Crippen LogP contribution in [0.3, 0.4) is 0 Å². The van der Waals surface area contributed by atoms with Gasteiger partial charge >= 0.3 is 0 Å². The van der Waals surface area contributed by atoms with Crippen molar-refractivity contribution in [2.75, 3.05) is 18.5 Å². The Morgan fingerprint density at radius 3 is 2.68 bits per heavy atom. The summed E-state index contributed by atoms with van der Waals surface area (Å²) in [6, 6.07) is 13.6. The Morgan fingerprint density at radius 2 is 2.00 bits per heavy atom. The Labute approximate surface area is 113 Å². The van der Waals surface area contributed by atoms with E-state index in [1.54, 1.807) is 12.4 Å². The fourth-order valence-electron chi connectivity index (χ4n) is 1.75. The van der Waals surface area contributed by atoms with Gasteiger partial charge in [-0.2, -0.15) is 0 Å². The number of para-hydroxylation sites is 1. The molecule has 1 aromatic heterocycles. The van der Waals surface area contributed by atoms with Crippen molar-refractivity contribution >= 4 is 11.6 Å². The molecule has 1 amide bonds. The average molecular weight is 255 g/mol. The molecule has 0 saturated carbocycles. The van der Waals surface area contributed by atoms with Gasteiger partial charge in [-0.25, -0.2) is 0 Å². The normalized spacial score (nSPS) is 9.95. The van der Waals surface area contributed by atoms with Gasteiger partial charge in [0.05, 0.1) is 6.54 Å². The molecule has 2 aromatic rings. The van der Waals surface area contributed by atoms with E-state index >= 15 is 0 Å². The first-order chi connectivity index (χ1) is 9.25. The summed E-state index contributed by atoms with van der Waals surface area (Å²) in [5.74, 6) is -0.00444. The van der Waals surface area contributed by atoms with Gasteiger partial charge in [-0.3, -0.25) is 9.78 Å². The smallest absolute Gasteiger partial charge is 0.239 e. The lowest BCUT2D eigenvalue weighted by Gasteiger charge is -2.18. The third-order valence-corrected chi connectivity index (χ3v) is 2.79. The largest absolute Gasteiger partial charge is 0.365 e. The molecule has 0 radical (unpaired) electrons. The van der Waals surface area contributed by atoms with E-state index in [2.05, 4.69) is 10.3 Å². The zero-order valence-corrected chi connectivity index (χ0v) is 10.9. The first kappa shape index (κ1) is 13.1. The van der Waals surface area contributed by atoms with Crippen LogP contribution in [0.25, 0.3) is 0 Å². The van der Waals surface area contributed by atoms with Crippen molar-refractivity contribution in [1.82, 2.24) is 10.3 Å². The topological polar surface area (TPSA) is 45.2 Å². The van der Waals surface area contributed by atoms with Gasteiger partial charge in [0.2, 0.25) is 5.91 Å². The van der Waals surface area contributed by atoms with Crippen LogP contribution in [-0.2, 0) is 11.3 Å². The average Bonchev–Trinajstić information content (AvgIpc) is 2.47. The van der Waals surface area contributed by atoms with E-state index in [-0.39, 0.29) is 5.91 Å². The number of rotatable bonds is 5. The molecule has 0 aliphatic rings. The minimum absolute atomic E-state index is 0.00444. The van der Waals surface area contributed by atoms with Crippen LogP contribution in [0.15, 0.2) is 54.9 Å². The van der Waals surface area contributed by atoms with Crippen LogP contribution < -0.4 is 10.2 Å². The van der Waals surface area contributed by atoms with Crippen LogP contribution in [0.1, 0.15) is 5.56 Å². The predicted molar refractivity (Wildman–Crippen MR) is 75.8 cm³/mol. The molecular weight excluding hydrogens is 238 g/mol. The molecule has 0 unspecified atom stereocenters. The molecule has 4 heteroatoms. The number of benzene rings is 1. The number of anilines is 1. The SMILES string of the molecule is CN(CC(=O)NCc1cccnc1)c1ccccc1. The molecule has 0 atom stereocenters. The summed E-state index contributed by atoms with van der Waals surface area (Å²) in [7, 11) is 1.90. The van der Waals surface area contributed by atoms with Crippen LogP contribution in [-0.4, -0.2) is 24.5 Å². The quantitative estimate of drug-likeness (QED) is 0.886. The molecule has 0 saturated heterocycles. The fourth-order valence-corrected chi connectivity index (χ4v) is 1.75. The zero-order chi connectivity index (χ0) is 13.5. The van der Waals surface area contributed by atoms with E-state index in [0.717, 1.165) is 11.3 Å². The van der Waals surface area contributed by atoms with Crippen molar-refractivity contribution in [2.24, 2.45) is 0 Å². The second-order valence-corrected chi connectivity index (χ2v) is 4.33. The van der Waals surface area contributed by atoms with Gasteiger partial charge in [0.1, 0.15) is 0 Å². The molecule has 1 aromatic carbocycles. The van der Waals surface area contributed by atoms with Gasteiger partial charge in [-0.05, 0) is 23.8 Å². The van der Waals surface area contributed by atoms with E-state index in [0.29, 0.717) is 13.1 Å². The highest BCUT2D eigenvalue weighted by Crippen LogP contribution is 2.09. The second kappa shape index (κ2) is 6.54. The number of likely N-dealkylation sites (N-methyl/N-ethyl adjacent to an activating group) is 1. The second-order valence-electron chi connectivity index (χ2n) is 4.33. The van der Waals surface area contributed by atoms with E-state index in [4.69, 9.17) is 0 Å². The molecule has 2 rings (SSSR count). The van der Waals surface area contributed by atoms with Gasteiger partial charge in [0.25, 0.3) is 0 Å². The van der Waals surface area contributed by atoms with Crippen LogP contribution in [0, 0.1) is 0 Å². The van der Waals surface area contributed by atoms with E-state index < -0.39 is 0 Å². The van der Waals surface area contributed by atoms with Crippen LogP contribution in [0.5, 0.6) is 0 Å². The van der Waals surface area contributed by atoms with E-state index in [1.807, 2.05) is 54.4 Å². The van der Waals surface area contributed by atoms with Gasteiger partial charge in [0.15, 0.2) is 0 Å². The van der Waals surface area contributed by atoms with E-state index in [1.165, 1.54) is 0 Å². The Morgan fingerprint density at radius 1 is 1.21 bits per heavy atom. The number of nitrogens with zero attached hydrogens (tertiary/aromatic N) is 2. The van der Waals surface area contributed by atoms with Gasteiger partial charge in [0, 0.05) is 31.7 Å². The Hall–Kier alpha value is -2.36. The summed E-state index contributed by atoms with van der Waals surface area (Å²) < 4.78 is 0. The highest BCUT2D eigenvalue weighted by Gasteiger charge is 2.06. The standard InChI is InChI=1S/C15H17N3O/c1-18(14-7-3-2-4-8-14)12-15(19)17-11-13-6-5-9-16-10-13/h2-10H,11-12H2,1H3,(H,17,19). The highest BCUT2D eigenvalue weighted by atomic mass is 16.2. The molecule has 0 aliphatic carbocycles. The maximum absolute atomic E-state index is 11.8. The molecule has 1 heterocycles. The molecule has 1 N–H and O–H groups in total. The Bertz CT molecular complexity index is 513. The predicted octanol–water partition coefficient (Wildman–Crippen LogP) is 1.83. The molecule has 19 heavy (non-hydrogen) atoms. The first-order valence-electron chi connectivity index (χ1n) is 6.17. The van der Waals surface area contributed by atoms with Crippen LogP contribution in [0.2, 0.25) is 0 Å². The van der Waals surface area contributed by atoms with E-state index in [9.17, 15) is 4.79 Å². The monoisotopic (exact) mass is 255 g/mol. The molecule has 98 valence electrons. The number of amides is 1. The van der Waals surface area contributed by atoms with Gasteiger partial charge < -0.3 is 10.2 Å². The Kier molecular flexibility index (Phi) is 4.50. The summed E-state index contributed by atoms with van der Waals surface area (Å²) in [5.41, 5.74) is 2.03. The summed E-state index contributed by atoms with van der Waals surface area (Å²) in [6.45, 7) is 0.847. The number of carbonyl (C=O) groups excluding carboxylic acids is 1. The molecule has 0 fully saturated rings.